The van der Waals surface area contributed by atoms with E-state index in [9.17, 15) is 14.7 Å². The summed E-state index contributed by atoms with van der Waals surface area (Å²) in [5.41, 5.74) is -1.49. The average molecular weight is 271 g/mol. The van der Waals surface area contributed by atoms with Crippen LogP contribution in [-0.2, 0) is 14.3 Å². The van der Waals surface area contributed by atoms with Gasteiger partial charge in [-0.25, -0.2) is 9.59 Å². The van der Waals surface area contributed by atoms with E-state index in [1.165, 1.54) is 0 Å². The summed E-state index contributed by atoms with van der Waals surface area (Å²) in [5, 5.41) is 12.5. The summed E-state index contributed by atoms with van der Waals surface area (Å²) in [7, 11) is 0. The van der Waals surface area contributed by atoms with Crippen molar-refractivity contribution in [1.82, 2.24) is 5.32 Å². The SMILES string of the molecule is CCOC(=O)/C=C(\O)C1(NC(=O)OC(C)(C)C)CC1. The second kappa shape index (κ2) is 5.50. The summed E-state index contributed by atoms with van der Waals surface area (Å²) in [6.07, 6.45) is 1.50. The molecule has 1 fully saturated rings. The lowest BCUT2D eigenvalue weighted by Crippen LogP contribution is -2.42. The molecule has 0 spiro atoms. The minimum atomic E-state index is -0.880. The van der Waals surface area contributed by atoms with Gasteiger partial charge >= 0.3 is 12.1 Å². The molecule has 6 nitrogen and oxygen atoms in total. The Labute approximate surface area is 112 Å². The van der Waals surface area contributed by atoms with Crippen molar-refractivity contribution in [1.29, 1.82) is 0 Å². The fourth-order valence-corrected chi connectivity index (χ4v) is 1.50. The van der Waals surface area contributed by atoms with Crippen LogP contribution in [0.15, 0.2) is 11.8 Å². The molecule has 0 aromatic heterocycles. The lowest BCUT2D eigenvalue weighted by Gasteiger charge is -2.23. The Morgan fingerprint density at radius 1 is 1.37 bits per heavy atom. The van der Waals surface area contributed by atoms with Crippen LogP contribution in [0.25, 0.3) is 0 Å². The first-order valence-electron chi connectivity index (χ1n) is 6.27. The molecule has 1 aliphatic carbocycles. The van der Waals surface area contributed by atoms with Crippen LogP contribution >= 0.6 is 0 Å². The average Bonchev–Trinajstić information content (AvgIpc) is 2.95. The number of nitrogens with one attached hydrogen (secondary N) is 1. The smallest absolute Gasteiger partial charge is 0.408 e. The number of hydrogen-bond donors (Lipinski definition) is 2. The molecular weight excluding hydrogens is 250 g/mol. The maximum Gasteiger partial charge on any atom is 0.408 e. The predicted octanol–water partition coefficient (Wildman–Crippen LogP) is 2.05. The maximum atomic E-state index is 11.6. The molecule has 6 heteroatoms. The molecule has 0 saturated heterocycles. The van der Waals surface area contributed by atoms with E-state index in [1.54, 1.807) is 27.7 Å². The van der Waals surface area contributed by atoms with Gasteiger partial charge in [0.15, 0.2) is 0 Å². The van der Waals surface area contributed by atoms with Gasteiger partial charge in [-0.15, -0.1) is 0 Å². The van der Waals surface area contributed by atoms with Gasteiger partial charge in [0, 0.05) is 0 Å². The third-order valence-corrected chi connectivity index (χ3v) is 2.52. The molecule has 2 N–H and O–H groups in total. The van der Waals surface area contributed by atoms with E-state index in [4.69, 9.17) is 9.47 Å². The number of carbonyl (C=O) groups is 2. The van der Waals surface area contributed by atoms with Crippen molar-refractivity contribution in [3.05, 3.63) is 11.8 Å². The van der Waals surface area contributed by atoms with Crippen LogP contribution in [0.3, 0.4) is 0 Å². The molecule has 0 aromatic carbocycles. The van der Waals surface area contributed by atoms with Crippen molar-refractivity contribution in [2.45, 2.75) is 51.7 Å². The molecular formula is C13H21NO5. The second-order valence-electron chi connectivity index (χ2n) is 5.49. The van der Waals surface area contributed by atoms with Crippen molar-refractivity contribution >= 4 is 12.1 Å². The standard InChI is InChI=1S/C13H21NO5/c1-5-18-10(16)8-9(15)13(6-7-13)14-11(17)19-12(2,3)4/h8,15H,5-7H2,1-4H3,(H,14,17)/b9-8-. The highest BCUT2D eigenvalue weighted by molar-refractivity contribution is 5.83. The van der Waals surface area contributed by atoms with E-state index in [0.29, 0.717) is 12.8 Å². The molecule has 0 bridgehead atoms. The zero-order valence-corrected chi connectivity index (χ0v) is 11.8. The molecule has 108 valence electrons. The molecule has 1 saturated carbocycles. The predicted molar refractivity (Wildman–Crippen MR) is 68.7 cm³/mol. The first-order chi connectivity index (χ1) is 8.68. The molecule has 0 atom stereocenters. The number of amides is 1. The Hall–Kier alpha value is -1.72. The maximum absolute atomic E-state index is 11.6. The number of esters is 1. The topological polar surface area (TPSA) is 84.9 Å². The summed E-state index contributed by atoms with van der Waals surface area (Å²) in [4.78, 5) is 22.9. The summed E-state index contributed by atoms with van der Waals surface area (Å²) in [6, 6.07) is 0. The minimum absolute atomic E-state index is 0.197. The lowest BCUT2D eigenvalue weighted by atomic mass is 10.2. The first-order valence-corrected chi connectivity index (χ1v) is 6.27. The van der Waals surface area contributed by atoms with Crippen LogP contribution in [0.4, 0.5) is 4.79 Å². The van der Waals surface area contributed by atoms with E-state index in [0.717, 1.165) is 6.08 Å². The highest BCUT2D eigenvalue weighted by Crippen LogP contribution is 2.41. The normalized spacial score (nSPS) is 17.6. The summed E-state index contributed by atoms with van der Waals surface area (Å²) >= 11 is 0. The fraction of sp³-hybridized carbons (Fsp3) is 0.692. The number of aliphatic hydroxyl groups excluding tert-OH is 1. The van der Waals surface area contributed by atoms with Gasteiger partial charge in [-0.3, -0.25) is 0 Å². The Kier molecular flexibility index (Phi) is 4.44. The zero-order valence-electron chi connectivity index (χ0n) is 11.8. The molecule has 1 amide bonds. The summed E-state index contributed by atoms with van der Waals surface area (Å²) in [6.45, 7) is 7.16. The Bertz CT molecular complexity index is 390. The first kappa shape index (κ1) is 15.3. The van der Waals surface area contributed by atoms with Crippen molar-refractivity contribution in [3.63, 3.8) is 0 Å². The Balaban J connectivity index is 2.62. The third-order valence-electron chi connectivity index (χ3n) is 2.52. The highest BCUT2D eigenvalue weighted by Gasteiger charge is 2.49. The molecule has 0 unspecified atom stereocenters. The van der Waals surface area contributed by atoms with E-state index in [-0.39, 0.29) is 12.4 Å². The molecule has 0 heterocycles. The van der Waals surface area contributed by atoms with Crippen LogP contribution in [0, 0.1) is 0 Å². The molecule has 19 heavy (non-hydrogen) atoms. The number of alkyl carbamates (subject to hydrolysis) is 1. The van der Waals surface area contributed by atoms with Crippen LogP contribution in [0.5, 0.6) is 0 Å². The number of rotatable bonds is 4. The quantitative estimate of drug-likeness (QED) is 0.464. The van der Waals surface area contributed by atoms with Crippen LogP contribution < -0.4 is 5.32 Å². The summed E-state index contributed by atoms with van der Waals surface area (Å²) in [5.74, 6) is -0.825. The monoisotopic (exact) mass is 271 g/mol. The van der Waals surface area contributed by atoms with Gasteiger partial charge in [0.1, 0.15) is 16.9 Å². The molecule has 0 aromatic rings. The molecule has 0 aliphatic heterocycles. The molecule has 1 aliphatic rings. The van der Waals surface area contributed by atoms with Gasteiger partial charge in [-0.2, -0.15) is 0 Å². The van der Waals surface area contributed by atoms with Crippen LogP contribution in [0.2, 0.25) is 0 Å². The fourth-order valence-electron chi connectivity index (χ4n) is 1.50. The second-order valence-corrected chi connectivity index (χ2v) is 5.49. The third kappa shape index (κ3) is 4.81. The van der Waals surface area contributed by atoms with Crippen molar-refractivity contribution in [3.8, 4) is 0 Å². The van der Waals surface area contributed by atoms with E-state index in [2.05, 4.69) is 5.32 Å². The Morgan fingerprint density at radius 3 is 2.37 bits per heavy atom. The number of hydrogen-bond acceptors (Lipinski definition) is 5. The van der Waals surface area contributed by atoms with Crippen molar-refractivity contribution < 1.29 is 24.2 Å². The van der Waals surface area contributed by atoms with Gasteiger partial charge in [0.05, 0.1) is 12.7 Å². The van der Waals surface area contributed by atoms with Crippen LogP contribution in [-0.4, -0.2) is 34.9 Å². The van der Waals surface area contributed by atoms with E-state index in [1.807, 2.05) is 0 Å². The van der Waals surface area contributed by atoms with Gasteiger partial charge in [0.2, 0.25) is 0 Å². The Morgan fingerprint density at radius 2 is 1.95 bits per heavy atom. The number of aliphatic hydroxyl groups is 1. The van der Waals surface area contributed by atoms with E-state index < -0.39 is 23.2 Å². The van der Waals surface area contributed by atoms with Crippen molar-refractivity contribution in [2.24, 2.45) is 0 Å². The number of ether oxygens (including phenoxy) is 2. The van der Waals surface area contributed by atoms with Gasteiger partial charge in [-0.1, -0.05) is 0 Å². The number of carbonyl (C=O) groups excluding carboxylic acids is 2. The highest BCUT2D eigenvalue weighted by atomic mass is 16.6. The minimum Gasteiger partial charge on any atom is -0.510 e. The summed E-state index contributed by atoms with van der Waals surface area (Å²) < 4.78 is 9.81. The van der Waals surface area contributed by atoms with Gasteiger partial charge < -0.3 is 19.9 Å². The van der Waals surface area contributed by atoms with Gasteiger partial charge in [0.25, 0.3) is 0 Å². The molecule has 1 rings (SSSR count). The molecule has 0 radical (unpaired) electrons. The van der Waals surface area contributed by atoms with Crippen LogP contribution in [0.1, 0.15) is 40.5 Å². The lowest BCUT2D eigenvalue weighted by molar-refractivity contribution is -0.137. The van der Waals surface area contributed by atoms with E-state index >= 15 is 0 Å². The van der Waals surface area contributed by atoms with Gasteiger partial charge in [-0.05, 0) is 40.5 Å². The largest absolute Gasteiger partial charge is 0.510 e. The van der Waals surface area contributed by atoms with Crippen molar-refractivity contribution in [2.75, 3.05) is 6.61 Å². The zero-order chi connectivity index (χ0) is 14.7.